The molecule has 18 heteroatoms. The lowest BCUT2D eigenvalue weighted by atomic mass is 9.98. The van der Waals surface area contributed by atoms with Crippen molar-refractivity contribution in [2.75, 3.05) is 26.2 Å². The van der Waals surface area contributed by atoms with Gasteiger partial charge in [-0.2, -0.15) is 0 Å². The Morgan fingerprint density at radius 2 is 1.11 bits per heavy atom. The van der Waals surface area contributed by atoms with Crippen molar-refractivity contribution in [2.24, 2.45) is 5.73 Å². The fraction of sp³-hybridized carbons (Fsp3) is 0.566. The van der Waals surface area contributed by atoms with Crippen LogP contribution in [-0.4, -0.2) is 119 Å². The summed E-state index contributed by atoms with van der Waals surface area (Å²) >= 11 is 0. The number of hydrogen-bond donors (Lipinski definition) is 6. The quantitative estimate of drug-likeness (QED) is 0.158. The van der Waals surface area contributed by atoms with Crippen molar-refractivity contribution in [3.63, 3.8) is 0 Å². The Morgan fingerprint density at radius 3 is 1.56 bits per heavy atom. The molecule has 7 amide bonds. The topological polar surface area (TPSA) is 248 Å². The molecule has 71 heavy (non-hydrogen) atoms. The summed E-state index contributed by atoms with van der Waals surface area (Å²) in [6.45, 7) is 10.5. The van der Waals surface area contributed by atoms with E-state index in [1.54, 1.807) is 34.6 Å². The third-order valence-corrected chi connectivity index (χ3v) is 13.7. The molecule has 384 valence electrons. The van der Waals surface area contributed by atoms with Crippen molar-refractivity contribution in [1.29, 1.82) is 0 Å². The SMILES string of the molecule is C[C@H](N)C(=O)N[C@H]1CCCNC(=O)CCc2oc3ccccc3c2C[C@@H]2CCCN2C1=O.C[C@H](NC(=O)OC(C)(C)C)C(=O)N[C@H]1CCCNC(=O)CCc2oc3ccccc3c2C[C@@H]2CCCN2C1=O. The van der Waals surface area contributed by atoms with Gasteiger partial charge in [-0.05, 0) is 111 Å². The minimum atomic E-state index is -0.894. The van der Waals surface area contributed by atoms with Gasteiger partial charge in [0.05, 0.1) is 6.04 Å². The van der Waals surface area contributed by atoms with E-state index in [4.69, 9.17) is 19.3 Å². The van der Waals surface area contributed by atoms with E-state index in [1.807, 2.05) is 58.3 Å². The fourth-order valence-electron chi connectivity index (χ4n) is 10.1. The van der Waals surface area contributed by atoms with Gasteiger partial charge in [-0.1, -0.05) is 36.4 Å². The summed E-state index contributed by atoms with van der Waals surface area (Å²) in [5.41, 5.74) is 8.72. The summed E-state index contributed by atoms with van der Waals surface area (Å²) in [6, 6.07) is 12.7. The van der Waals surface area contributed by atoms with E-state index in [2.05, 4.69) is 26.6 Å². The van der Waals surface area contributed by atoms with Crippen molar-refractivity contribution >= 4 is 63.5 Å². The number of aryl methyl sites for hydroxylation is 2. The first-order valence-electron chi connectivity index (χ1n) is 25.4. The van der Waals surface area contributed by atoms with Gasteiger partial charge in [-0.25, -0.2) is 4.79 Å². The van der Waals surface area contributed by atoms with Gasteiger partial charge in [0.2, 0.25) is 35.4 Å². The molecule has 4 aromatic rings. The predicted molar refractivity (Wildman–Crippen MR) is 267 cm³/mol. The zero-order chi connectivity index (χ0) is 50.8. The van der Waals surface area contributed by atoms with E-state index >= 15 is 0 Å². The Kier molecular flexibility index (Phi) is 17.5. The molecule has 4 aliphatic heterocycles. The maximum Gasteiger partial charge on any atom is 0.408 e. The second-order valence-corrected chi connectivity index (χ2v) is 20.3. The number of nitrogens with zero attached hydrogens (tertiary/aromatic N) is 2. The molecule has 7 N–H and O–H groups in total. The highest BCUT2D eigenvalue weighted by Gasteiger charge is 2.38. The highest BCUT2D eigenvalue weighted by Crippen LogP contribution is 2.34. The lowest BCUT2D eigenvalue weighted by Crippen LogP contribution is -2.55. The highest BCUT2D eigenvalue weighted by atomic mass is 16.6. The number of ether oxygens (including phenoxy) is 1. The number of alkyl carbamates (subject to hydrolysis) is 1. The molecule has 0 bridgehead atoms. The normalized spacial score (nSPS) is 22.7. The van der Waals surface area contributed by atoms with Crippen molar-refractivity contribution in [1.82, 2.24) is 36.4 Å². The summed E-state index contributed by atoms with van der Waals surface area (Å²) in [7, 11) is 0. The maximum absolute atomic E-state index is 13.8. The molecule has 4 aliphatic rings. The predicted octanol–water partition coefficient (Wildman–Crippen LogP) is 4.85. The molecule has 6 atom stereocenters. The van der Waals surface area contributed by atoms with Gasteiger partial charge in [0.25, 0.3) is 0 Å². The van der Waals surface area contributed by atoms with Crippen LogP contribution in [0.2, 0.25) is 0 Å². The minimum absolute atomic E-state index is 0.0359. The Labute approximate surface area is 415 Å². The Hall–Kier alpha value is -6.43. The largest absolute Gasteiger partial charge is 0.461 e. The number of furan rings is 2. The fourth-order valence-corrected chi connectivity index (χ4v) is 10.1. The number of hydrogen-bond acceptors (Lipinski definition) is 11. The van der Waals surface area contributed by atoms with E-state index in [9.17, 15) is 33.6 Å². The Morgan fingerprint density at radius 1 is 0.662 bits per heavy atom. The van der Waals surface area contributed by atoms with Gasteiger partial charge >= 0.3 is 6.09 Å². The van der Waals surface area contributed by atoms with Gasteiger partial charge < -0.3 is 55.7 Å². The molecule has 0 saturated carbocycles. The summed E-state index contributed by atoms with van der Waals surface area (Å²) in [4.78, 5) is 93.5. The van der Waals surface area contributed by atoms with Crippen molar-refractivity contribution in [2.45, 2.75) is 166 Å². The lowest BCUT2D eigenvalue weighted by Gasteiger charge is -2.30. The monoisotopic (exact) mass is 981 g/mol. The smallest absolute Gasteiger partial charge is 0.408 e. The van der Waals surface area contributed by atoms with Crippen LogP contribution in [0.25, 0.3) is 21.9 Å². The van der Waals surface area contributed by atoms with E-state index in [1.165, 1.54) is 0 Å². The zero-order valence-electron chi connectivity index (χ0n) is 41.9. The van der Waals surface area contributed by atoms with Crippen LogP contribution in [-0.2, 0) is 59.2 Å². The van der Waals surface area contributed by atoms with Crippen molar-refractivity contribution in [3.8, 4) is 0 Å². The third kappa shape index (κ3) is 13.7. The number of nitrogens with one attached hydrogen (secondary N) is 5. The molecule has 0 radical (unpaired) electrons. The summed E-state index contributed by atoms with van der Waals surface area (Å²) in [6.07, 6.45) is 7.78. The molecule has 8 rings (SSSR count). The standard InChI is InChI=1S/C29H40N4O6.C24H32N4O4/c1-18(31-28(37)39-29(2,3)4)26(35)32-22-11-7-15-30-25(34)14-13-24-21(20-10-5-6-12-23(20)38-24)17-19-9-8-16-33(19)27(22)36;1-15(25)23(30)27-19-8-4-12-26-22(29)11-10-21-18(17-7-2-3-9-20(17)32-21)14-16-6-5-13-28(16)24(19)31/h5-6,10,12,18-19,22H,7-9,11,13-17H2,1-4H3,(H,30,34)(H,31,37)(H,32,35);2-3,7,9,15-16,19H,4-6,8,10-14,25H2,1H3,(H,26,29)(H,27,30)/t18-,19-,22-;15-,16-,19-/m00/s1. The highest BCUT2D eigenvalue weighted by molar-refractivity contribution is 5.92. The van der Waals surface area contributed by atoms with Crippen LogP contribution in [0.15, 0.2) is 57.4 Å². The molecule has 0 unspecified atom stereocenters. The number of carbonyl (C=O) groups is 7. The van der Waals surface area contributed by atoms with Crippen LogP contribution in [0.1, 0.15) is 121 Å². The van der Waals surface area contributed by atoms with Crippen LogP contribution >= 0.6 is 0 Å². The lowest BCUT2D eigenvalue weighted by molar-refractivity contribution is -0.137. The van der Waals surface area contributed by atoms with Crippen LogP contribution in [0.3, 0.4) is 0 Å². The van der Waals surface area contributed by atoms with Crippen LogP contribution < -0.4 is 32.3 Å². The molecule has 0 aliphatic carbocycles. The average Bonchev–Trinajstić information content (AvgIpc) is 4.14. The molecule has 2 aromatic heterocycles. The molecule has 18 nitrogen and oxygen atoms in total. The number of fused-ring (bicyclic) bond motifs is 8. The first kappa shape index (κ1) is 52.4. The van der Waals surface area contributed by atoms with E-state index < -0.39 is 41.8 Å². The molecular formula is C53H72N8O10. The summed E-state index contributed by atoms with van der Waals surface area (Å²) in [5.74, 6) is 0.457. The molecule has 0 spiro atoms. The molecule has 2 fully saturated rings. The summed E-state index contributed by atoms with van der Waals surface area (Å²) < 4.78 is 17.5. The number of para-hydroxylation sites is 2. The van der Waals surface area contributed by atoms with Crippen LogP contribution in [0.4, 0.5) is 4.79 Å². The second kappa shape index (κ2) is 23.7. The van der Waals surface area contributed by atoms with E-state index in [-0.39, 0.29) is 41.6 Å². The number of nitrogens with two attached hydrogens (primary N) is 1. The van der Waals surface area contributed by atoms with Gasteiger partial charge in [-0.3, -0.25) is 28.8 Å². The first-order valence-corrected chi connectivity index (χ1v) is 25.4. The molecule has 2 saturated heterocycles. The second-order valence-electron chi connectivity index (χ2n) is 20.3. The van der Waals surface area contributed by atoms with Crippen LogP contribution in [0, 0.1) is 0 Å². The zero-order valence-corrected chi connectivity index (χ0v) is 41.9. The first-order chi connectivity index (χ1) is 33.9. The van der Waals surface area contributed by atoms with E-state index in [0.29, 0.717) is 90.4 Å². The Bertz CT molecular complexity index is 2560. The number of benzene rings is 2. The molecule has 6 heterocycles. The maximum atomic E-state index is 13.8. The number of amides is 7. The van der Waals surface area contributed by atoms with Crippen LogP contribution in [0.5, 0.6) is 0 Å². The number of carbonyl (C=O) groups excluding carboxylic acids is 7. The van der Waals surface area contributed by atoms with Crippen molar-refractivity contribution < 1.29 is 47.1 Å². The van der Waals surface area contributed by atoms with Gasteiger partial charge in [0, 0.05) is 85.8 Å². The third-order valence-electron chi connectivity index (χ3n) is 13.7. The van der Waals surface area contributed by atoms with Crippen molar-refractivity contribution in [3.05, 3.63) is 71.2 Å². The number of rotatable bonds is 5. The van der Waals surface area contributed by atoms with Gasteiger partial charge in [-0.15, -0.1) is 0 Å². The molecular weight excluding hydrogens is 909 g/mol. The Balaban J connectivity index is 0.000000213. The summed E-state index contributed by atoms with van der Waals surface area (Å²) in [5, 5.41) is 16.1. The molecule has 2 aromatic carbocycles. The minimum Gasteiger partial charge on any atom is -0.461 e. The average molecular weight is 981 g/mol. The van der Waals surface area contributed by atoms with Gasteiger partial charge in [0.15, 0.2) is 0 Å². The van der Waals surface area contributed by atoms with E-state index in [0.717, 1.165) is 70.3 Å². The van der Waals surface area contributed by atoms with Gasteiger partial charge in [0.1, 0.15) is 46.4 Å².